The number of nitrogens with zero attached hydrogens (tertiary/aromatic N) is 1. The van der Waals surface area contributed by atoms with E-state index in [9.17, 15) is 0 Å². The van der Waals surface area contributed by atoms with Crippen LogP contribution in [0, 0.1) is 11.8 Å². The highest BCUT2D eigenvalue weighted by molar-refractivity contribution is 4.83. The van der Waals surface area contributed by atoms with Crippen LogP contribution in [-0.4, -0.2) is 37.1 Å². The van der Waals surface area contributed by atoms with E-state index in [-0.39, 0.29) is 0 Å². The van der Waals surface area contributed by atoms with Gasteiger partial charge in [0.2, 0.25) is 0 Å². The van der Waals surface area contributed by atoms with Gasteiger partial charge in [0.25, 0.3) is 0 Å². The molecule has 1 saturated carbocycles. The zero-order chi connectivity index (χ0) is 11.4. The highest BCUT2D eigenvalue weighted by Gasteiger charge is 2.27. The molecule has 1 saturated heterocycles. The van der Waals surface area contributed by atoms with Crippen LogP contribution in [0.2, 0.25) is 0 Å². The molecule has 2 heteroatoms. The van der Waals surface area contributed by atoms with Crippen LogP contribution < -0.4 is 5.32 Å². The summed E-state index contributed by atoms with van der Waals surface area (Å²) in [4.78, 5) is 2.58. The van der Waals surface area contributed by atoms with Crippen LogP contribution in [0.4, 0.5) is 0 Å². The van der Waals surface area contributed by atoms with Crippen molar-refractivity contribution in [3.63, 3.8) is 0 Å². The monoisotopic (exact) mass is 224 g/mol. The topological polar surface area (TPSA) is 15.3 Å². The molecule has 1 unspecified atom stereocenters. The number of hydrogen-bond donors (Lipinski definition) is 1. The van der Waals surface area contributed by atoms with Crippen LogP contribution in [0.1, 0.15) is 46.0 Å². The fourth-order valence-electron chi connectivity index (χ4n) is 2.87. The van der Waals surface area contributed by atoms with Crippen molar-refractivity contribution in [1.82, 2.24) is 10.2 Å². The molecule has 2 nitrogen and oxygen atoms in total. The smallest absolute Gasteiger partial charge is 0.00670 e. The summed E-state index contributed by atoms with van der Waals surface area (Å²) in [6.07, 6.45) is 7.17. The fraction of sp³-hybridized carbons (Fsp3) is 1.00. The van der Waals surface area contributed by atoms with Crippen molar-refractivity contribution in [3.05, 3.63) is 0 Å². The normalized spacial score (nSPS) is 25.9. The van der Waals surface area contributed by atoms with Gasteiger partial charge in [-0.25, -0.2) is 0 Å². The quantitative estimate of drug-likeness (QED) is 0.746. The van der Waals surface area contributed by atoms with E-state index in [0.29, 0.717) is 0 Å². The lowest BCUT2D eigenvalue weighted by Crippen LogP contribution is -2.35. The maximum atomic E-state index is 3.70. The standard InChI is InChI=1S/C14H28N2/c1-3-16-10-7-13(8-11-16)6-9-15-12(2)14-4-5-14/h12-15H,3-11H2,1-2H3. The molecule has 1 N–H and O–H groups in total. The summed E-state index contributed by atoms with van der Waals surface area (Å²) in [5.74, 6) is 1.99. The second-order valence-electron chi connectivity index (χ2n) is 5.75. The maximum absolute atomic E-state index is 3.70. The molecule has 2 aliphatic rings. The van der Waals surface area contributed by atoms with E-state index in [2.05, 4.69) is 24.1 Å². The summed E-state index contributed by atoms with van der Waals surface area (Å²) >= 11 is 0. The third kappa shape index (κ3) is 3.74. The Kier molecular flexibility index (Phi) is 4.66. The van der Waals surface area contributed by atoms with Gasteiger partial charge in [-0.05, 0) is 77.0 Å². The van der Waals surface area contributed by atoms with Crippen LogP contribution >= 0.6 is 0 Å². The van der Waals surface area contributed by atoms with Gasteiger partial charge in [-0.3, -0.25) is 0 Å². The Morgan fingerprint density at radius 1 is 1.19 bits per heavy atom. The summed E-state index contributed by atoms with van der Waals surface area (Å²) in [5.41, 5.74) is 0. The number of piperidine rings is 1. The zero-order valence-electron chi connectivity index (χ0n) is 11.0. The van der Waals surface area contributed by atoms with Crippen molar-refractivity contribution in [1.29, 1.82) is 0 Å². The van der Waals surface area contributed by atoms with Crippen molar-refractivity contribution in [2.24, 2.45) is 11.8 Å². The highest BCUT2D eigenvalue weighted by Crippen LogP contribution is 2.32. The number of hydrogen-bond acceptors (Lipinski definition) is 2. The summed E-state index contributed by atoms with van der Waals surface area (Å²) < 4.78 is 0. The molecule has 0 amide bonds. The molecule has 1 atom stereocenters. The Bertz CT molecular complexity index is 193. The maximum Gasteiger partial charge on any atom is 0.00670 e. The van der Waals surface area contributed by atoms with Crippen LogP contribution in [0.5, 0.6) is 0 Å². The van der Waals surface area contributed by atoms with Gasteiger partial charge >= 0.3 is 0 Å². The van der Waals surface area contributed by atoms with E-state index < -0.39 is 0 Å². The molecule has 1 aliphatic heterocycles. The lowest BCUT2D eigenvalue weighted by atomic mass is 9.93. The molecule has 0 bridgehead atoms. The van der Waals surface area contributed by atoms with Gasteiger partial charge in [0.1, 0.15) is 0 Å². The number of likely N-dealkylation sites (tertiary alicyclic amines) is 1. The van der Waals surface area contributed by atoms with Crippen LogP contribution in [0.15, 0.2) is 0 Å². The second kappa shape index (κ2) is 6.02. The van der Waals surface area contributed by atoms with Gasteiger partial charge < -0.3 is 10.2 Å². The van der Waals surface area contributed by atoms with Gasteiger partial charge in [0.15, 0.2) is 0 Å². The molecule has 2 fully saturated rings. The van der Waals surface area contributed by atoms with Crippen molar-refractivity contribution in [3.8, 4) is 0 Å². The van der Waals surface area contributed by atoms with Gasteiger partial charge in [-0.15, -0.1) is 0 Å². The fourth-order valence-corrected chi connectivity index (χ4v) is 2.87. The first kappa shape index (κ1) is 12.4. The first-order chi connectivity index (χ1) is 7.79. The van der Waals surface area contributed by atoms with Crippen molar-refractivity contribution in [2.45, 2.75) is 52.0 Å². The molecule has 0 aromatic carbocycles. The van der Waals surface area contributed by atoms with Gasteiger partial charge in [-0.2, -0.15) is 0 Å². The summed E-state index contributed by atoms with van der Waals surface area (Å²) in [5, 5.41) is 3.70. The van der Waals surface area contributed by atoms with E-state index in [4.69, 9.17) is 0 Å². The molecular weight excluding hydrogens is 196 g/mol. The molecule has 0 aromatic heterocycles. The Balaban J connectivity index is 1.53. The van der Waals surface area contributed by atoms with Crippen LogP contribution in [-0.2, 0) is 0 Å². The van der Waals surface area contributed by atoms with E-state index in [1.165, 1.54) is 58.3 Å². The Labute approximate surface area is 101 Å². The molecule has 1 aliphatic carbocycles. The predicted molar refractivity (Wildman–Crippen MR) is 69.6 cm³/mol. The van der Waals surface area contributed by atoms with Gasteiger partial charge in [0.05, 0.1) is 0 Å². The molecule has 1 heterocycles. The summed E-state index contributed by atoms with van der Waals surface area (Å²) in [6.45, 7) is 9.79. The predicted octanol–water partition coefficient (Wildman–Crippen LogP) is 2.50. The van der Waals surface area contributed by atoms with E-state index in [1.54, 1.807) is 0 Å². The zero-order valence-corrected chi connectivity index (χ0v) is 11.0. The minimum Gasteiger partial charge on any atom is -0.314 e. The lowest BCUT2D eigenvalue weighted by molar-refractivity contribution is 0.185. The van der Waals surface area contributed by atoms with Crippen LogP contribution in [0.25, 0.3) is 0 Å². The minimum absolute atomic E-state index is 0.774. The van der Waals surface area contributed by atoms with E-state index >= 15 is 0 Å². The molecule has 94 valence electrons. The summed E-state index contributed by atoms with van der Waals surface area (Å²) in [7, 11) is 0. The third-order valence-electron chi connectivity index (χ3n) is 4.50. The van der Waals surface area contributed by atoms with Crippen molar-refractivity contribution >= 4 is 0 Å². The van der Waals surface area contributed by atoms with Gasteiger partial charge in [-0.1, -0.05) is 6.92 Å². The number of nitrogens with one attached hydrogen (secondary N) is 1. The molecular formula is C14H28N2. The van der Waals surface area contributed by atoms with Crippen molar-refractivity contribution in [2.75, 3.05) is 26.2 Å². The molecule has 0 spiro atoms. The molecule has 2 rings (SSSR count). The van der Waals surface area contributed by atoms with Gasteiger partial charge in [0, 0.05) is 6.04 Å². The molecule has 0 radical (unpaired) electrons. The Hall–Kier alpha value is -0.0800. The third-order valence-corrected chi connectivity index (χ3v) is 4.50. The Morgan fingerprint density at radius 3 is 2.44 bits per heavy atom. The second-order valence-corrected chi connectivity index (χ2v) is 5.75. The molecule has 16 heavy (non-hydrogen) atoms. The lowest BCUT2D eigenvalue weighted by Gasteiger charge is -2.31. The summed E-state index contributed by atoms with van der Waals surface area (Å²) in [6, 6.07) is 0.774. The van der Waals surface area contributed by atoms with E-state index in [1.807, 2.05) is 0 Å². The first-order valence-electron chi connectivity index (χ1n) is 7.25. The number of rotatable bonds is 6. The van der Waals surface area contributed by atoms with E-state index in [0.717, 1.165) is 17.9 Å². The van der Waals surface area contributed by atoms with Crippen molar-refractivity contribution < 1.29 is 0 Å². The average Bonchev–Trinajstić information content (AvgIpc) is 3.14. The highest BCUT2D eigenvalue weighted by atomic mass is 15.1. The average molecular weight is 224 g/mol. The first-order valence-corrected chi connectivity index (χ1v) is 7.25. The SMILES string of the molecule is CCN1CCC(CCNC(C)C2CC2)CC1. The largest absolute Gasteiger partial charge is 0.314 e. The minimum atomic E-state index is 0.774. The molecule has 0 aromatic rings. The van der Waals surface area contributed by atoms with Crippen LogP contribution in [0.3, 0.4) is 0 Å². The Morgan fingerprint density at radius 2 is 1.88 bits per heavy atom.